The predicted octanol–water partition coefficient (Wildman–Crippen LogP) is -0.370. The first kappa shape index (κ1) is 9.97. The molecule has 15 heavy (non-hydrogen) atoms. The SMILES string of the molecule is Cn1c(=O)c2c(ncn2C)n(CCl)c1=O. The third-order valence-electron chi connectivity index (χ3n) is 2.32. The van der Waals surface area contributed by atoms with E-state index >= 15 is 0 Å². The highest BCUT2D eigenvalue weighted by molar-refractivity contribution is 6.15. The maximum absolute atomic E-state index is 11.7. The van der Waals surface area contributed by atoms with Crippen LogP contribution < -0.4 is 11.2 Å². The first-order valence-corrected chi connectivity index (χ1v) is 4.78. The van der Waals surface area contributed by atoms with Crippen LogP contribution >= 0.6 is 11.6 Å². The summed E-state index contributed by atoms with van der Waals surface area (Å²) in [6.45, 7) is 0. The molecule has 0 N–H and O–H groups in total. The average molecular weight is 229 g/mol. The van der Waals surface area contributed by atoms with Crippen LogP contribution in [0.2, 0.25) is 0 Å². The molecule has 2 heterocycles. The lowest BCUT2D eigenvalue weighted by atomic mass is 10.5. The highest BCUT2D eigenvalue weighted by Gasteiger charge is 2.13. The molecule has 0 saturated heterocycles. The Labute approximate surface area is 89.3 Å². The van der Waals surface area contributed by atoms with Gasteiger partial charge in [-0.2, -0.15) is 0 Å². The summed E-state index contributed by atoms with van der Waals surface area (Å²) in [5.41, 5.74) is -0.129. The molecule has 0 spiro atoms. The van der Waals surface area contributed by atoms with Crippen LogP contribution in [-0.2, 0) is 20.1 Å². The van der Waals surface area contributed by atoms with Crippen LogP contribution in [0, 0.1) is 0 Å². The van der Waals surface area contributed by atoms with E-state index in [-0.39, 0.29) is 11.6 Å². The Bertz CT molecular complexity index is 636. The first-order chi connectivity index (χ1) is 7.07. The number of nitrogens with zero attached hydrogens (tertiary/aromatic N) is 4. The lowest BCUT2D eigenvalue weighted by Gasteiger charge is -2.04. The normalized spacial score (nSPS) is 11.1. The summed E-state index contributed by atoms with van der Waals surface area (Å²) >= 11 is 5.64. The quantitative estimate of drug-likeness (QED) is 0.626. The predicted molar refractivity (Wildman–Crippen MR) is 56.1 cm³/mol. The van der Waals surface area contributed by atoms with Crippen LogP contribution in [0.15, 0.2) is 15.9 Å². The molecule has 2 rings (SSSR count). The van der Waals surface area contributed by atoms with Crippen LogP contribution in [0.3, 0.4) is 0 Å². The fraction of sp³-hybridized carbons (Fsp3) is 0.375. The lowest BCUT2D eigenvalue weighted by Crippen LogP contribution is -2.38. The molecule has 0 unspecified atom stereocenters. The largest absolute Gasteiger partial charge is 0.333 e. The summed E-state index contributed by atoms with van der Waals surface area (Å²) in [5, 5.41) is 0. The lowest BCUT2D eigenvalue weighted by molar-refractivity contribution is 0.696. The van der Waals surface area contributed by atoms with E-state index in [1.54, 1.807) is 11.6 Å². The molecule has 0 radical (unpaired) electrons. The van der Waals surface area contributed by atoms with Crippen molar-refractivity contribution in [2.75, 3.05) is 0 Å². The molecule has 0 saturated carbocycles. The highest BCUT2D eigenvalue weighted by atomic mass is 35.5. The molecule has 6 nitrogen and oxygen atoms in total. The molecular weight excluding hydrogens is 220 g/mol. The van der Waals surface area contributed by atoms with Crippen molar-refractivity contribution in [2.45, 2.75) is 6.00 Å². The van der Waals surface area contributed by atoms with Gasteiger partial charge in [0.05, 0.1) is 6.33 Å². The van der Waals surface area contributed by atoms with E-state index in [4.69, 9.17) is 11.6 Å². The van der Waals surface area contributed by atoms with Gasteiger partial charge in [0.15, 0.2) is 11.2 Å². The Hall–Kier alpha value is -1.56. The van der Waals surface area contributed by atoms with Crippen molar-refractivity contribution >= 4 is 22.8 Å². The van der Waals surface area contributed by atoms with Crippen LogP contribution in [0.5, 0.6) is 0 Å². The van der Waals surface area contributed by atoms with Crippen molar-refractivity contribution in [2.24, 2.45) is 14.1 Å². The monoisotopic (exact) mass is 228 g/mol. The molecule has 0 atom stereocenters. The van der Waals surface area contributed by atoms with Crippen molar-refractivity contribution in [3.63, 3.8) is 0 Å². The van der Waals surface area contributed by atoms with Crippen molar-refractivity contribution in [3.8, 4) is 0 Å². The van der Waals surface area contributed by atoms with Crippen LogP contribution in [0.1, 0.15) is 0 Å². The second kappa shape index (κ2) is 3.23. The Balaban J connectivity index is 3.14. The number of rotatable bonds is 1. The number of imidazole rings is 1. The van der Waals surface area contributed by atoms with Crippen LogP contribution in [0.4, 0.5) is 0 Å². The van der Waals surface area contributed by atoms with Crippen molar-refractivity contribution < 1.29 is 0 Å². The summed E-state index contributed by atoms with van der Waals surface area (Å²) in [4.78, 5) is 27.4. The third-order valence-corrected chi connectivity index (χ3v) is 2.56. The Morgan fingerprint density at radius 3 is 2.67 bits per heavy atom. The zero-order valence-corrected chi connectivity index (χ0v) is 9.02. The maximum Gasteiger partial charge on any atom is 0.333 e. The van der Waals surface area contributed by atoms with E-state index < -0.39 is 5.69 Å². The van der Waals surface area contributed by atoms with Gasteiger partial charge in [0, 0.05) is 14.1 Å². The Kier molecular flexibility index (Phi) is 2.15. The average Bonchev–Trinajstić information content (AvgIpc) is 2.58. The van der Waals surface area contributed by atoms with E-state index in [0.29, 0.717) is 11.2 Å². The van der Waals surface area contributed by atoms with Gasteiger partial charge in [-0.3, -0.25) is 13.9 Å². The van der Waals surface area contributed by atoms with Gasteiger partial charge in [0.1, 0.15) is 6.00 Å². The van der Waals surface area contributed by atoms with E-state index in [1.807, 2.05) is 0 Å². The van der Waals surface area contributed by atoms with E-state index in [0.717, 1.165) is 4.57 Å². The fourth-order valence-corrected chi connectivity index (χ4v) is 1.70. The molecule has 7 heteroatoms. The molecule has 2 aromatic heterocycles. The zero-order chi connectivity index (χ0) is 11.2. The summed E-state index contributed by atoms with van der Waals surface area (Å²) in [6.07, 6.45) is 1.48. The first-order valence-electron chi connectivity index (χ1n) is 4.24. The van der Waals surface area contributed by atoms with Gasteiger partial charge < -0.3 is 4.57 Å². The summed E-state index contributed by atoms with van der Waals surface area (Å²) < 4.78 is 3.84. The minimum absolute atomic E-state index is 0.0273. The number of fused-ring (bicyclic) bond motifs is 1. The molecule has 0 aromatic carbocycles. The van der Waals surface area contributed by atoms with E-state index in [2.05, 4.69) is 4.98 Å². The molecule has 0 bridgehead atoms. The number of aryl methyl sites for hydroxylation is 1. The molecule has 2 aromatic rings. The number of alkyl halides is 1. The summed E-state index contributed by atoms with van der Waals surface area (Å²) in [5.74, 6) is 0. The molecule has 0 aliphatic rings. The van der Waals surface area contributed by atoms with Crippen LogP contribution in [0.25, 0.3) is 11.2 Å². The van der Waals surface area contributed by atoms with Gasteiger partial charge in [-0.05, 0) is 0 Å². The van der Waals surface area contributed by atoms with Gasteiger partial charge in [0.25, 0.3) is 5.56 Å². The minimum Gasteiger partial charge on any atom is -0.328 e. The number of hydrogen-bond donors (Lipinski definition) is 0. The van der Waals surface area contributed by atoms with Gasteiger partial charge in [-0.1, -0.05) is 0 Å². The summed E-state index contributed by atoms with van der Waals surface area (Å²) in [7, 11) is 3.11. The van der Waals surface area contributed by atoms with Crippen molar-refractivity contribution in [1.82, 2.24) is 18.7 Å². The van der Waals surface area contributed by atoms with Crippen molar-refractivity contribution in [1.29, 1.82) is 0 Å². The number of hydrogen-bond acceptors (Lipinski definition) is 3. The molecule has 0 aliphatic heterocycles. The molecule has 0 amide bonds. The van der Waals surface area contributed by atoms with Gasteiger partial charge >= 0.3 is 5.69 Å². The third kappa shape index (κ3) is 1.21. The highest BCUT2D eigenvalue weighted by Crippen LogP contribution is 2.04. The van der Waals surface area contributed by atoms with Gasteiger partial charge in [-0.25, -0.2) is 9.78 Å². The molecule has 0 aliphatic carbocycles. The standard InChI is InChI=1S/C8H9ClN4O2/c1-11-4-10-6-5(11)7(14)12(2)8(15)13(6)3-9/h4H,3H2,1-2H3. The van der Waals surface area contributed by atoms with E-state index in [1.165, 1.54) is 17.9 Å². The molecule has 0 fully saturated rings. The summed E-state index contributed by atoms with van der Waals surface area (Å²) in [6, 6.07) is -0.0273. The second-order valence-corrected chi connectivity index (χ2v) is 3.46. The maximum atomic E-state index is 11.7. The second-order valence-electron chi connectivity index (χ2n) is 3.22. The smallest absolute Gasteiger partial charge is 0.328 e. The van der Waals surface area contributed by atoms with Gasteiger partial charge in [0.2, 0.25) is 0 Å². The molecule has 80 valence electrons. The van der Waals surface area contributed by atoms with Gasteiger partial charge in [-0.15, -0.1) is 11.6 Å². The topological polar surface area (TPSA) is 61.8 Å². The minimum atomic E-state index is -0.457. The zero-order valence-electron chi connectivity index (χ0n) is 8.27. The number of halogens is 1. The van der Waals surface area contributed by atoms with Crippen molar-refractivity contribution in [3.05, 3.63) is 27.2 Å². The van der Waals surface area contributed by atoms with E-state index in [9.17, 15) is 9.59 Å². The number of aromatic nitrogens is 4. The van der Waals surface area contributed by atoms with Crippen LogP contribution in [-0.4, -0.2) is 18.7 Å². The fourth-order valence-electron chi connectivity index (χ4n) is 1.49. The Morgan fingerprint density at radius 2 is 2.07 bits per heavy atom. The molecular formula is C8H9ClN4O2. The Morgan fingerprint density at radius 1 is 1.40 bits per heavy atom.